The van der Waals surface area contributed by atoms with Gasteiger partial charge in [0, 0.05) is 42.5 Å². The minimum Gasteiger partial charge on any atom is -0.379 e. The summed E-state index contributed by atoms with van der Waals surface area (Å²) >= 11 is 3.02. The SMILES string of the molecule is Cc1nn(-c2ccccc2)c2sc(C(=O)N(CCCN3CCOCC3)c3nc(-c4ccccc4)cs3)cc12.Cl. The number of nitrogens with zero attached hydrogens (tertiary/aromatic N) is 5. The topological polar surface area (TPSA) is 63.5 Å². The lowest BCUT2D eigenvalue weighted by Crippen LogP contribution is -2.39. The number of rotatable bonds is 8. The molecule has 0 aliphatic carbocycles. The lowest BCUT2D eigenvalue weighted by Gasteiger charge is -2.27. The monoisotopic (exact) mass is 579 g/mol. The van der Waals surface area contributed by atoms with Crippen LogP contribution in [0.25, 0.3) is 27.2 Å². The predicted octanol–water partition coefficient (Wildman–Crippen LogP) is 6.31. The number of aromatic nitrogens is 3. The van der Waals surface area contributed by atoms with Gasteiger partial charge in [-0.2, -0.15) is 5.10 Å². The average Bonchev–Trinajstić information content (AvgIpc) is 3.70. The number of ether oxygens (including phenoxy) is 1. The maximum atomic E-state index is 14.0. The van der Waals surface area contributed by atoms with Crippen LogP contribution in [-0.2, 0) is 4.74 Å². The fourth-order valence-corrected chi connectivity index (χ4v) is 6.71. The van der Waals surface area contributed by atoms with Crippen molar-refractivity contribution in [2.45, 2.75) is 13.3 Å². The van der Waals surface area contributed by atoms with Gasteiger partial charge in [0.2, 0.25) is 0 Å². The van der Waals surface area contributed by atoms with Gasteiger partial charge in [-0.3, -0.25) is 14.6 Å². The molecular weight excluding hydrogens is 550 g/mol. The number of aryl methyl sites for hydroxylation is 1. The van der Waals surface area contributed by atoms with E-state index in [2.05, 4.69) is 4.90 Å². The first-order valence-electron chi connectivity index (χ1n) is 12.8. The van der Waals surface area contributed by atoms with Crippen molar-refractivity contribution in [1.29, 1.82) is 0 Å². The second kappa shape index (κ2) is 12.4. The van der Waals surface area contributed by atoms with Gasteiger partial charge in [-0.15, -0.1) is 35.1 Å². The molecule has 3 aromatic heterocycles. The summed E-state index contributed by atoms with van der Waals surface area (Å²) < 4.78 is 7.43. The van der Waals surface area contributed by atoms with Crippen molar-refractivity contribution in [3.8, 4) is 16.9 Å². The predicted molar refractivity (Wildman–Crippen MR) is 162 cm³/mol. The Morgan fingerprint density at radius 2 is 1.77 bits per heavy atom. The van der Waals surface area contributed by atoms with Crippen LogP contribution in [0.2, 0.25) is 0 Å². The van der Waals surface area contributed by atoms with Gasteiger partial charge in [-0.05, 0) is 31.5 Å². The molecule has 0 saturated carbocycles. The van der Waals surface area contributed by atoms with E-state index in [1.54, 1.807) is 0 Å². The summed E-state index contributed by atoms with van der Waals surface area (Å²) in [5, 5.41) is 8.52. The molecule has 10 heteroatoms. The number of thiophene rings is 1. The quantitative estimate of drug-likeness (QED) is 0.216. The summed E-state index contributed by atoms with van der Waals surface area (Å²) in [6, 6.07) is 22.2. The van der Waals surface area contributed by atoms with Crippen LogP contribution in [0, 0.1) is 6.92 Å². The van der Waals surface area contributed by atoms with Gasteiger partial charge in [0.15, 0.2) is 5.13 Å². The summed E-state index contributed by atoms with van der Waals surface area (Å²) in [7, 11) is 0. The highest BCUT2D eigenvalue weighted by Crippen LogP contribution is 2.34. The summed E-state index contributed by atoms with van der Waals surface area (Å²) in [6.07, 6.45) is 0.869. The minimum atomic E-state index is -0.0128. The molecule has 1 amide bonds. The molecule has 1 aliphatic rings. The normalized spacial score (nSPS) is 13.9. The number of halogens is 1. The number of anilines is 1. The molecule has 0 spiro atoms. The van der Waals surface area contributed by atoms with E-state index in [9.17, 15) is 4.79 Å². The molecule has 4 heterocycles. The maximum absolute atomic E-state index is 14.0. The smallest absolute Gasteiger partial charge is 0.270 e. The number of carbonyl (C=O) groups is 1. The second-order valence-electron chi connectivity index (χ2n) is 9.31. The van der Waals surface area contributed by atoms with E-state index in [4.69, 9.17) is 14.8 Å². The number of thiazole rings is 1. The molecule has 1 saturated heterocycles. The summed E-state index contributed by atoms with van der Waals surface area (Å²) in [6.45, 7) is 6.96. The molecule has 0 bridgehead atoms. The van der Waals surface area contributed by atoms with E-state index in [0.29, 0.717) is 11.4 Å². The molecule has 2 aromatic carbocycles. The van der Waals surface area contributed by atoms with Crippen LogP contribution in [0.15, 0.2) is 72.1 Å². The Balaban J connectivity index is 0.00000308. The van der Waals surface area contributed by atoms with Gasteiger partial charge in [0.05, 0.1) is 35.2 Å². The third kappa shape index (κ3) is 5.92. The maximum Gasteiger partial charge on any atom is 0.270 e. The van der Waals surface area contributed by atoms with E-state index in [1.807, 2.05) is 88.6 Å². The Bertz CT molecular complexity index is 1530. The second-order valence-corrected chi connectivity index (χ2v) is 11.2. The van der Waals surface area contributed by atoms with Crippen molar-refractivity contribution in [2.24, 2.45) is 0 Å². The molecule has 1 aliphatic heterocycles. The molecule has 1 fully saturated rings. The zero-order valence-electron chi connectivity index (χ0n) is 21.7. The highest BCUT2D eigenvalue weighted by atomic mass is 35.5. The Labute approximate surface area is 242 Å². The van der Waals surface area contributed by atoms with E-state index in [-0.39, 0.29) is 18.3 Å². The molecule has 0 atom stereocenters. The number of carbonyl (C=O) groups excluding carboxylic acids is 1. The number of fused-ring (bicyclic) bond motifs is 1. The van der Waals surface area contributed by atoms with Crippen LogP contribution < -0.4 is 4.90 Å². The fraction of sp³-hybridized carbons (Fsp3) is 0.276. The third-order valence-electron chi connectivity index (χ3n) is 6.75. The van der Waals surface area contributed by atoms with Gasteiger partial charge in [-0.25, -0.2) is 9.67 Å². The van der Waals surface area contributed by atoms with E-state index >= 15 is 0 Å². The minimum absolute atomic E-state index is 0. The Hall–Kier alpha value is -3.08. The third-order valence-corrected chi connectivity index (χ3v) is 8.72. The van der Waals surface area contributed by atoms with Crippen molar-refractivity contribution in [3.05, 3.63) is 82.7 Å². The van der Waals surface area contributed by atoms with Crippen molar-refractivity contribution in [3.63, 3.8) is 0 Å². The Morgan fingerprint density at radius 1 is 1.05 bits per heavy atom. The zero-order chi connectivity index (χ0) is 25.9. The van der Waals surface area contributed by atoms with Gasteiger partial charge in [0.1, 0.15) is 4.83 Å². The van der Waals surface area contributed by atoms with Crippen molar-refractivity contribution in [1.82, 2.24) is 19.7 Å². The molecule has 0 radical (unpaired) electrons. The first-order chi connectivity index (χ1) is 18.7. The van der Waals surface area contributed by atoms with Crippen molar-refractivity contribution >= 4 is 56.3 Å². The summed E-state index contributed by atoms with van der Waals surface area (Å²) in [5.41, 5.74) is 3.85. The van der Waals surface area contributed by atoms with Gasteiger partial charge >= 0.3 is 0 Å². The number of benzene rings is 2. The number of hydrogen-bond acceptors (Lipinski definition) is 7. The van der Waals surface area contributed by atoms with Crippen LogP contribution in [0.3, 0.4) is 0 Å². The number of morpholine rings is 1. The first-order valence-corrected chi connectivity index (χ1v) is 14.5. The van der Waals surface area contributed by atoms with E-state index in [1.165, 1.54) is 22.7 Å². The largest absolute Gasteiger partial charge is 0.379 e. The van der Waals surface area contributed by atoms with Gasteiger partial charge in [-0.1, -0.05) is 48.5 Å². The lowest BCUT2D eigenvalue weighted by molar-refractivity contribution is 0.0376. The molecular formula is C29H30ClN5O2S2. The average molecular weight is 580 g/mol. The van der Waals surface area contributed by atoms with Crippen molar-refractivity contribution in [2.75, 3.05) is 44.3 Å². The van der Waals surface area contributed by atoms with E-state index < -0.39 is 0 Å². The number of hydrogen-bond donors (Lipinski definition) is 0. The standard InChI is InChI=1S/C29H29N5O2S2.ClH/c1-21-24-19-26(38-28(24)34(31-21)23-11-6-3-7-12-23)27(35)33(14-8-13-32-15-17-36-18-16-32)29-30-25(20-37-29)22-9-4-2-5-10-22;/h2-7,9-12,19-20H,8,13-18H2,1H3;1H. The van der Waals surface area contributed by atoms with Crippen LogP contribution in [0.4, 0.5) is 5.13 Å². The molecule has 0 unspecified atom stereocenters. The lowest BCUT2D eigenvalue weighted by atomic mass is 10.2. The van der Waals surface area contributed by atoms with E-state index in [0.717, 1.165) is 77.3 Å². The number of para-hydroxylation sites is 1. The summed E-state index contributed by atoms with van der Waals surface area (Å²) in [5.74, 6) is -0.0128. The molecule has 0 N–H and O–H groups in total. The van der Waals surface area contributed by atoms with Crippen LogP contribution in [-0.4, -0.2) is 65.0 Å². The molecule has 5 aromatic rings. The van der Waals surface area contributed by atoms with Gasteiger partial charge in [0.25, 0.3) is 5.91 Å². The highest BCUT2D eigenvalue weighted by molar-refractivity contribution is 7.20. The van der Waals surface area contributed by atoms with Crippen molar-refractivity contribution < 1.29 is 9.53 Å². The fourth-order valence-electron chi connectivity index (χ4n) is 4.72. The molecule has 6 rings (SSSR count). The summed E-state index contributed by atoms with van der Waals surface area (Å²) in [4.78, 5) is 24.9. The van der Waals surface area contributed by atoms with Crippen LogP contribution >= 0.6 is 35.1 Å². The van der Waals surface area contributed by atoms with Crippen LogP contribution in [0.1, 0.15) is 21.8 Å². The number of amides is 1. The first kappa shape index (κ1) is 27.5. The molecule has 7 nitrogen and oxygen atoms in total. The molecule has 39 heavy (non-hydrogen) atoms. The van der Waals surface area contributed by atoms with Gasteiger partial charge < -0.3 is 4.74 Å². The molecule has 202 valence electrons. The highest BCUT2D eigenvalue weighted by Gasteiger charge is 2.25. The van der Waals surface area contributed by atoms with Crippen LogP contribution in [0.5, 0.6) is 0 Å². The zero-order valence-corrected chi connectivity index (χ0v) is 24.1. The Kier molecular flexibility index (Phi) is 8.74. The Morgan fingerprint density at radius 3 is 2.51 bits per heavy atom.